The first-order chi connectivity index (χ1) is 8.56. The van der Waals surface area contributed by atoms with Gasteiger partial charge in [0.1, 0.15) is 5.75 Å². The molecule has 100 valence electrons. The van der Waals surface area contributed by atoms with E-state index in [9.17, 15) is 0 Å². The van der Waals surface area contributed by atoms with Gasteiger partial charge in [0.25, 0.3) is 0 Å². The van der Waals surface area contributed by atoms with Gasteiger partial charge in [-0.05, 0) is 38.5 Å². The minimum Gasteiger partial charge on any atom is -0.491 e. The lowest BCUT2D eigenvalue weighted by Crippen LogP contribution is -2.36. The summed E-state index contributed by atoms with van der Waals surface area (Å²) in [7, 11) is 3.60. The highest BCUT2D eigenvalue weighted by Gasteiger charge is 2.08. The molecule has 0 aliphatic carbocycles. The predicted octanol–water partition coefficient (Wildman–Crippen LogP) is 2.33. The molecular formula is C14H23N3O. The highest BCUT2D eigenvalue weighted by atomic mass is 16.5. The number of ether oxygens (including phenoxy) is 1. The summed E-state index contributed by atoms with van der Waals surface area (Å²) in [5.41, 5.74) is 1.17. The van der Waals surface area contributed by atoms with E-state index in [2.05, 4.69) is 34.7 Å². The molecule has 0 bridgehead atoms. The second-order valence-electron chi connectivity index (χ2n) is 4.43. The number of nitrogens with zero attached hydrogens (tertiary/aromatic N) is 1. The molecule has 1 aromatic carbocycles. The number of hydrogen-bond acceptors (Lipinski definition) is 2. The summed E-state index contributed by atoms with van der Waals surface area (Å²) in [6.07, 6.45) is 0.189. The Morgan fingerprint density at radius 3 is 2.56 bits per heavy atom. The van der Waals surface area contributed by atoms with Crippen LogP contribution in [0.3, 0.4) is 0 Å². The molecule has 18 heavy (non-hydrogen) atoms. The van der Waals surface area contributed by atoms with E-state index in [1.54, 1.807) is 7.05 Å². The second-order valence-corrected chi connectivity index (χ2v) is 4.43. The van der Waals surface area contributed by atoms with Gasteiger partial charge in [0.15, 0.2) is 5.96 Å². The van der Waals surface area contributed by atoms with Crippen molar-refractivity contribution in [1.29, 1.82) is 0 Å². The molecule has 4 nitrogen and oxygen atoms in total. The molecule has 4 heteroatoms. The lowest BCUT2D eigenvalue weighted by Gasteiger charge is -2.18. The maximum atomic E-state index is 5.69. The van der Waals surface area contributed by atoms with Crippen LogP contribution < -0.4 is 15.4 Å². The van der Waals surface area contributed by atoms with Gasteiger partial charge < -0.3 is 15.4 Å². The van der Waals surface area contributed by atoms with Crippen LogP contribution in [0.2, 0.25) is 0 Å². The Morgan fingerprint density at radius 1 is 1.28 bits per heavy atom. The Labute approximate surface area is 109 Å². The molecule has 0 spiro atoms. The maximum absolute atomic E-state index is 5.69. The van der Waals surface area contributed by atoms with Gasteiger partial charge in [0.2, 0.25) is 0 Å². The molecular weight excluding hydrogens is 226 g/mol. The van der Waals surface area contributed by atoms with E-state index in [4.69, 9.17) is 4.74 Å². The van der Waals surface area contributed by atoms with Gasteiger partial charge in [-0.15, -0.1) is 0 Å². The van der Waals surface area contributed by atoms with E-state index in [1.165, 1.54) is 5.56 Å². The molecule has 2 N–H and O–H groups in total. The first-order valence-corrected chi connectivity index (χ1v) is 6.24. The summed E-state index contributed by atoms with van der Waals surface area (Å²) in [6.45, 7) is 6.14. The lowest BCUT2D eigenvalue weighted by molar-refractivity contribution is 0.242. The Hall–Kier alpha value is -1.71. The van der Waals surface area contributed by atoms with Crippen LogP contribution in [-0.4, -0.2) is 26.2 Å². The van der Waals surface area contributed by atoms with Crippen LogP contribution in [0.25, 0.3) is 0 Å². The molecule has 0 saturated heterocycles. The molecule has 0 aromatic heterocycles. The molecule has 0 aliphatic heterocycles. The summed E-state index contributed by atoms with van der Waals surface area (Å²) < 4.78 is 5.69. The minimum absolute atomic E-state index is 0.173. The third kappa shape index (κ3) is 4.28. The minimum atomic E-state index is 0.173. The number of hydrogen-bond donors (Lipinski definition) is 2. The largest absolute Gasteiger partial charge is 0.491 e. The van der Waals surface area contributed by atoms with E-state index in [1.807, 2.05) is 33.0 Å². The second kappa shape index (κ2) is 6.89. The van der Waals surface area contributed by atoms with E-state index in [-0.39, 0.29) is 12.1 Å². The Bertz CT molecular complexity index is 402. The summed E-state index contributed by atoms with van der Waals surface area (Å²) >= 11 is 0. The molecule has 1 aromatic rings. The van der Waals surface area contributed by atoms with Gasteiger partial charge in [-0.2, -0.15) is 0 Å². The predicted molar refractivity (Wildman–Crippen MR) is 76.2 cm³/mol. The number of rotatable bonds is 4. The smallest absolute Gasteiger partial charge is 0.191 e. The van der Waals surface area contributed by atoms with Crippen molar-refractivity contribution in [3.63, 3.8) is 0 Å². The van der Waals surface area contributed by atoms with Crippen molar-refractivity contribution in [2.75, 3.05) is 14.1 Å². The number of guanidine groups is 1. The Balaban J connectivity index is 2.76. The lowest BCUT2D eigenvalue weighted by atomic mass is 10.1. The quantitative estimate of drug-likeness (QED) is 0.636. The van der Waals surface area contributed by atoms with Crippen LogP contribution in [0.1, 0.15) is 32.4 Å². The SMILES string of the molecule is CN=C(NC)NC(C)c1cccc(OC(C)C)c1. The van der Waals surface area contributed by atoms with Gasteiger partial charge in [-0.25, -0.2) is 0 Å². The maximum Gasteiger partial charge on any atom is 0.191 e. The normalized spacial score (nSPS) is 13.3. The summed E-state index contributed by atoms with van der Waals surface area (Å²) in [5, 5.41) is 6.30. The van der Waals surface area contributed by atoms with Gasteiger partial charge >= 0.3 is 0 Å². The first kappa shape index (κ1) is 14.4. The average molecular weight is 249 g/mol. The fourth-order valence-electron chi connectivity index (χ4n) is 1.67. The number of benzene rings is 1. The molecule has 0 saturated carbocycles. The van der Waals surface area contributed by atoms with Crippen LogP contribution in [0.5, 0.6) is 5.75 Å². The van der Waals surface area contributed by atoms with Gasteiger partial charge in [0, 0.05) is 14.1 Å². The Kier molecular flexibility index (Phi) is 5.49. The third-order valence-corrected chi connectivity index (χ3v) is 2.54. The monoisotopic (exact) mass is 249 g/mol. The third-order valence-electron chi connectivity index (χ3n) is 2.54. The van der Waals surface area contributed by atoms with Crippen LogP contribution in [-0.2, 0) is 0 Å². The molecule has 0 heterocycles. The highest BCUT2D eigenvalue weighted by Crippen LogP contribution is 2.19. The first-order valence-electron chi connectivity index (χ1n) is 6.24. The van der Waals surface area contributed by atoms with Crippen LogP contribution in [0, 0.1) is 0 Å². The molecule has 0 radical (unpaired) electrons. The van der Waals surface area contributed by atoms with Gasteiger partial charge in [0.05, 0.1) is 12.1 Å². The molecule has 1 unspecified atom stereocenters. The van der Waals surface area contributed by atoms with Crippen molar-refractivity contribution in [1.82, 2.24) is 10.6 Å². The molecule has 0 fully saturated rings. The Morgan fingerprint density at radius 2 is 2.00 bits per heavy atom. The fraction of sp³-hybridized carbons (Fsp3) is 0.500. The van der Waals surface area contributed by atoms with Crippen molar-refractivity contribution in [3.05, 3.63) is 29.8 Å². The van der Waals surface area contributed by atoms with Crippen LogP contribution in [0.4, 0.5) is 0 Å². The zero-order chi connectivity index (χ0) is 13.5. The van der Waals surface area contributed by atoms with E-state index >= 15 is 0 Å². The molecule has 1 rings (SSSR count). The molecule has 0 aliphatic rings. The van der Waals surface area contributed by atoms with Crippen molar-refractivity contribution in [3.8, 4) is 5.75 Å². The van der Waals surface area contributed by atoms with Gasteiger partial charge in [-0.1, -0.05) is 12.1 Å². The summed E-state index contributed by atoms with van der Waals surface area (Å²) in [4.78, 5) is 4.11. The number of nitrogens with one attached hydrogen (secondary N) is 2. The van der Waals surface area contributed by atoms with E-state index < -0.39 is 0 Å². The highest BCUT2D eigenvalue weighted by molar-refractivity contribution is 5.79. The summed E-state index contributed by atoms with van der Waals surface area (Å²) in [6, 6.07) is 8.29. The fourth-order valence-corrected chi connectivity index (χ4v) is 1.67. The van der Waals surface area contributed by atoms with E-state index in [0.29, 0.717) is 0 Å². The topological polar surface area (TPSA) is 45.7 Å². The number of aliphatic imine (C=N–C) groups is 1. The van der Waals surface area contributed by atoms with Gasteiger partial charge in [-0.3, -0.25) is 4.99 Å². The zero-order valence-corrected chi connectivity index (χ0v) is 11.8. The molecule has 0 amide bonds. The van der Waals surface area contributed by atoms with Crippen molar-refractivity contribution in [2.24, 2.45) is 4.99 Å². The van der Waals surface area contributed by atoms with E-state index in [0.717, 1.165) is 11.7 Å². The van der Waals surface area contributed by atoms with Crippen molar-refractivity contribution < 1.29 is 4.74 Å². The van der Waals surface area contributed by atoms with Crippen molar-refractivity contribution >= 4 is 5.96 Å². The average Bonchev–Trinajstić information content (AvgIpc) is 2.35. The standard InChI is InChI=1S/C14H23N3O/c1-10(2)18-13-8-6-7-12(9-13)11(3)17-14(15-4)16-5/h6-11H,1-5H3,(H2,15,16,17). The van der Waals surface area contributed by atoms with Crippen LogP contribution >= 0.6 is 0 Å². The zero-order valence-electron chi connectivity index (χ0n) is 11.8. The summed E-state index contributed by atoms with van der Waals surface area (Å²) in [5.74, 6) is 1.67. The van der Waals surface area contributed by atoms with Crippen LogP contribution in [0.15, 0.2) is 29.3 Å². The van der Waals surface area contributed by atoms with Crippen molar-refractivity contribution in [2.45, 2.75) is 32.9 Å². The molecule has 1 atom stereocenters.